The van der Waals surface area contributed by atoms with Crippen LogP contribution in [0.15, 0.2) is 6.20 Å². The van der Waals surface area contributed by atoms with Gasteiger partial charge in [-0.05, 0) is 12.5 Å². The molecule has 0 spiro atoms. The van der Waals surface area contributed by atoms with Crippen molar-refractivity contribution in [3.05, 3.63) is 23.0 Å². The third-order valence-corrected chi connectivity index (χ3v) is 2.02. The molecule has 0 aliphatic heterocycles. The van der Waals surface area contributed by atoms with Crippen molar-refractivity contribution in [2.45, 2.75) is 26.4 Å². The highest BCUT2D eigenvalue weighted by Gasteiger charge is 2.34. The summed E-state index contributed by atoms with van der Waals surface area (Å²) in [7, 11) is 0. The second-order valence-corrected chi connectivity index (χ2v) is 3.21. The fraction of sp³-hybridized carbons (Fsp3) is 0.400. The minimum Gasteiger partial charge on any atom is -0.403 e. The number of pyridine rings is 1. The van der Waals surface area contributed by atoms with Crippen LogP contribution >= 0.6 is 0 Å². The van der Waals surface area contributed by atoms with Crippen LogP contribution in [0, 0.1) is 18.3 Å². The van der Waals surface area contributed by atoms with Crippen molar-refractivity contribution in [3.63, 3.8) is 0 Å². The van der Waals surface area contributed by atoms with Gasteiger partial charge in [-0.1, -0.05) is 0 Å². The minimum absolute atomic E-state index is 0.219. The lowest BCUT2D eigenvalue weighted by atomic mass is 10.1. The first-order valence-electron chi connectivity index (χ1n) is 4.55. The largest absolute Gasteiger partial charge is 0.573 e. The first kappa shape index (κ1) is 13.2. The summed E-state index contributed by atoms with van der Waals surface area (Å²) in [5.74, 6) is -0.707. The molecule has 0 bridgehead atoms. The number of alkyl halides is 4. The van der Waals surface area contributed by atoms with Gasteiger partial charge < -0.3 is 4.74 Å². The predicted octanol–water partition coefficient (Wildman–Crippen LogP) is 2.82. The summed E-state index contributed by atoms with van der Waals surface area (Å²) in [6, 6.07) is 1.65. The van der Waals surface area contributed by atoms with E-state index >= 15 is 0 Å². The van der Waals surface area contributed by atoms with Crippen molar-refractivity contribution in [1.29, 1.82) is 5.26 Å². The fourth-order valence-corrected chi connectivity index (χ4v) is 1.27. The molecule has 0 amide bonds. The highest BCUT2D eigenvalue weighted by molar-refractivity contribution is 5.42. The van der Waals surface area contributed by atoms with E-state index in [1.54, 1.807) is 6.07 Å². The average Bonchev–Trinajstić information content (AvgIpc) is 2.21. The molecule has 0 radical (unpaired) electrons. The van der Waals surface area contributed by atoms with Gasteiger partial charge in [0.1, 0.15) is 6.67 Å². The van der Waals surface area contributed by atoms with Gasteiger partial charge in [-0.15, -0.1) is 13.2 Å². The van der Waals surface area contributed by atoms with Crippen molar-refractivity contribution in [3.8, 4) is 11.8 Å². The molecule has 17 heavy (non-hydrogen) atoms. The van der Waals surface area contributed by atoms with Gasteiger partial charge in [-0.25, -0.2) is 4.39 Å². The maximum Gasteiger partial charge on any atom is 0.573 e. The Bertz CT molecular complexity index is 451. The molecule has 3 nitrogen and oxygen atoms in total. The molecule has 0 aliphatic rings. The standard InChI is InChI=1S/C10H8F4N2O/c1-6-5-16-8(2-3-15)9(7(6)4-11)17-10(12,13)14/h5H,2,4H2,1H3. The second kappa shape index (κ2) is 4.99. The molecular weight excluding hydrogens is 240 g/mol. The number of aromatic nitrogens is 1. The normalized spacial score (nSPS) is 11.1. The van der Waals surface area contributed by atoms with Crippen LogP contribution in [0.4, 0.5) is 17.6 Å². The average molecular weight is 248 g/mol. The highest BCUT2D eigenvalue weighted by Crippen LogP contribution is 2.31. The number of hydrogen-bond donors (Lipinski definition) is 0. The Morgan fingerprint density at radius 1 is 1.47 bits per heavy atom. The molecule has 92 valence electrons. The van der Waals surface area contributed by atoms with E-state index in [-0.39, 0.29) is 23.2 Å². The van der Waals surface area contributed by atoms with Gasteiger partial charge in [-0.3, -0.25) is 4.98 Å². The summed E-state index contributed by atoms with van der Waals surface area (Å²) in [5, 5.41) is 8.45. The molecule has 0 aromatic carbocycles. The summed E-state index contributed by atoms with van der Waals surface area (Å²) < 4.78 is 52.9. The van der Waals surface area contributed by atoms with Gasteiger partial charge >= 0.3 is 6.36 Å². The molecule has 0 atom stereocenters. The van der Waals surface area contributed by atoms with E-state index in [1.165, 1.54) is 13.1 Å². The summed E-state index contributed by atoms with van der Waals surface area (Å²) >= 11 is 0. The zero-order chi connectivity index (χ0) is 13.1. The van der Waals surface area contributed by atoms with E-state index < -0.39 is 18.8 Å². The van der Waals surface area contributed by atoms with E-state index in [0.29, 0.717) is 0 Å². The topological polar surface area (TPSA) is 45.9 Å². The van der Waals surface area contributed by atoms with E-state index in [4.69, 9.17) is 5.26 Å². The molecule has 1 aromatic rings. The molecule has 1 heterocycles. The number of nitrogens with zero attached hydrogens (tertiary/aromatic N) is 2. The van der Waals surface area contributed by atoms with E-state index in [2.05, 4.69) is 9.72 Å². The smallest absolute Gasteiger partial charge is 0.403 e. The molecule has 0 N–H and O–H groups in total. The predicted molar refractivity (Wildman–Crippen MR) is 49.8 cm³/mol. The molecule has 7 heteroatoms. The van der Waals surface area contributed by atoms with Gasteiger partial charge in [0.2, 0.25) is 0 Å². The Hall–Kier alpha value is -1.84. The van der Waals surface area contributed by atoms with E-state index in [0.717, 1.165) is 0 Å². The summed E-state index contributed by atoms with van der Waals surface area (Å²) in [4.78, 5) is 3.65. The SMILES string of the molecule is Cc1cnc(CC#N)c(OC(F)(F)F)c1CF. The van der Waals surface area contributed by atoms with Crippen LogP contribution < -0.4 is 4.74 Å². The number of halogens is 4. The maximum atomic E-state index is 12.7. The molecule has 0 saturated carbocycles. The first-order valence-corrected chi connectivity index (χ1v) is 4.55. The number of nitriles is 1. The van der Waals surface area contributed by atoms with Crippen LogP contribution in [0.3, 0.4) is 0 Å². The van der Waals surface area contributed by atoms with Crippen LogP contribution in [0.2, 0.25) is 0 Å². The van der Waals surface area contributed by atoms with Gasteiger partial charge in [-0.2, -0.15) is 5.26 Å². The third-order valence-electron chi connectivity index (χ3n) is 2.02. The molecule has 0 unspecified atom stereocenters. The first-order chi connectivity index (χ1) is 7.89. The Labute approximate surface area is 94.6 Å². The van der Waals surface area contributed by atoms with Crippen molar-refractivity contribution < 1.29 is 22.3 Å². The van der Waals surface area contributed by atoms with Crippen LogP contribution in [-0.4, -0.2) is 11.3 Å². The lowest BCUT2D eigenvalue weighted by molar-refractivity contribution is -0.275. The number of aryl methyl sites for hydroxylation is 1. The van der Waals surface area contributed by atoms with Crippen LogP contribution in [0.5, 0.6) is 5.75 Å². The molecule has 0 fully saturated rings. The number of rotatable bonds is 3. The van der Waals surface area contributed by atoms with Crippen LogP contribution in [0.25, 0.3) is 0 Å². The van der Waals surface area contributed by atoms with Crippen molar-refractivity contribution in [1.82, 2.24) is 4.98 Å². The Morgan fingerprint density at radius 3 is 2.59 bits per heavy atom. The quantitative estimate of drug-likeness (QED) is 0.772. The molecule has 0 saturated heterocycles. The van der Waals surface area contributed by atoms with Crippen molar-refractivity contribution in [2.24, 2.45) is 0 Å². The van der Waals surface area contributed by atoms with E-state index in [1.807, 2.05) is 0 Å². The Kier molecular flexibility index (Phi) is 3.89. The minimum atomic E-state index is -4.94. The van der Waals surface area contributed by atoms with Gasteiger partial charge in [0, 0.05) is 11.8 Å². The summed E-state index contributed by atoms with van der Waals surface area (Å²) in [6.07, 6.45) is -4.10. The third kappa shape index (κ3) is 3.31. The van der Waals surface area contributed by atoms with Gasteiger partial charge in [0.05, 0.1) is 18.2 Å². The Balaban J connectivity index is 3.29. The summed E-state index contributed by atoms with van der Waals surface area (Å²) in [6.45, 7) is 0.305. The highest BCUT2D eigenvalue weighted by atomic mass is 19.4. The van der Waals surface area contributed by atoms with Crippen LogP contribution in [0.1, 0.15) is 16.8 Å². The molecule has 0 aliphatic carbocycles. The molecule has 1 aromatic heterocycles. The summed E-state index contributed by atoms with van der Waals surface area (Å²) in [5.41, 5.74) is -0.209. The van der Waals surface area contributed by atoms with Crippen molar-refractivity contribution in [2.75, 3.05) is 0 Å². The van der Waals surface area contributed by atoms with Gasteiger partial charge in [0.15, 0.2) is 5.75 Å². The van der Waals surface area contributed by atoms with Crippen molar-refractivity contribution >= 4 is 0 Å². The lowest BCUT2D eigenvalue weighted by Gasteiger charge is -2.15. The fourth-order valence-electron chi connectivity index (χ4n) is 1.27. The zero-order valence-electron chi connectivity index (χ0n) is 8.81. The maximum absolute atomic E-state index is 12.7. The van der Waals surface area contributed by atoms with Gasteiger partial charge in [0.25, 0.3) is 0 Å². The Morgan fingerprint density at radius 2 is 2.12 bits per heavy atom. The monoisotopic (exact) mass is 248 g/mol. The number of ether oxygens (including phenoxy) is 1. The van der Waals surface area contributed by atoms with Crippen LogP contribution in [-0.2, 0) is 13.1 Å². The number of hydrogen-bond acceptors (Lipinski definition) is 3. The lowest BCUT2D eigenvalue weighted by Crippen LogP contribution is -2.20. The van der Waals surface area contributed by atoms with E-state index in [9.17, 15) is 17.6 Å². The molecule has 1 rings (SSSR count). The zero-order valence-corrected chi connectivity index (χ0v) is 8.81. The molecular formula is C10H8F4N2O. The second-order valence-electron chi connectivity index (χ2n) is 3.21.